The molecule has 5 heteroatoms. The summed E-state index contributed by atoms with van der Waals surface area (Å²) >= 11 is 0. The van der Waals surface area contributed by atoms with Gasteiger partial charge in [-0.1, -0.05) is 26.0 Å². The molecule has 0 bridgehead atoms. The number of fused-ring (bicyclic) bond motifs is 1. The second-order valence-corrected chi connectivity index (χ2v) is 4.51. The van der Waals surface area contributed by atoms with Crippen LogP contribution in [0.3, 0.4) is 0 Å². The van der Waals surface area contributed by atoms with Gasteiger partial charge in [-0.05, 0) is 12.1 Å². The first-order chi connectivity index (χ1) is 8.65. The van der Waals surface area contributed by atoms with E-state index in [0.29, 0.717) is 25.0 Å². The lowest BCUT2D eigenvalue weighted by molar-refractivity contribution is -0.116. The minimum atomic E-state index is -0.0396. The number of para-hydroxylation sites is 2. The number of nitrogens with zero attached hydrogens (tertiary/aromatic N) is 1. The highest BCUT2D eigenvalue weighted by molar-refractivity contribution is 5.91. The van der Waals surface area contributed by atoms with Crippen molar-refractivity contribution >= 4 is 22.9 Å². The molecule has 5 nitrogen and oxygen atoms in total. The van der Waals surface area contributed by atoms with Crippen molar-refractivity contribution in [2.45, 2.75) is 26.3 Å². The fourth-order valence-electron chi connectivity index (χ4n) is 1.68. The highest BCUT2D eigenvalue weighted by Crippen LogP contribution is 2.13. The summed E-state index contributed by atoms with van der Waals surface area (Å²) in [5.41, 5.74) is 1.78. The maximum absolute atomic E-state index is 11.7. The molecule has 2 rings (SSSR count). The van der Waals surface area contributed by atoms with Crippen molar-refractivity contribution in [1.82, 2.24) is 15.3 Å². The van der Waals surface area contributed by atoms with Crippen LogP contribution in [-0.4, -0.2) is 28.5 Å². The highest BCUT2D eigenvalue weighted by Gasteiger charge is 2.06. The molecular formula is C13H18N4O. The minimum absolute atomic E-state index is 0.0396. The molecule has 0 aliphatic heterocycles. The van der Waals surface area contributed by atoms with Gasteiger partial charge >= 0.3 is 0 Å². The SMILES string of the molecule is CC(C)NCCC(=O)Nc1nc2ccccc2[nH]1. The predicted molar refractivity (Wildman–Crippen MR) is 72.5 cm³/mol. The Bertz CT molecular complexity index is 500. The number of anilines is 1. The number of carbonyl (C=O) groups is 1. The van der Waals surface area contributed by atoms with Gasteiger partial charge in [0.15, 0.2) is 0 Å². The molecule has 0 fully saturated rings. The fraction of sp³-hybridized carbons (Fsp3) is 0.385. The van der Waals surface area contributed by atoms with E-state index in [4.69, 9.17) is 0 Å². The number of aromatic nitrogens is 2. The molecule has 1 amide bonds. The van der Waals surface area contributed by atoms with E-state index in [0.717, 1.165) is 11.0 Å². The number of H-pyrrole nitrogens is 1. The Morgan fingerprint density at radius 1 is 1.39 bits per heavy atom. The average Bonchev–Trinajstić information content (AvgIpc) is 2.70. The van der Waals surface area contributed by atoms with Crippen LogP contribution in [0.1, 0.15) is 20.3 Å². The summed E-state index contributed by atoms with van der Waals surface area (Å²) < 4.78 is 0. The summed E-state index contributed by atoms with van der Waals surface area (Å²) in [6, 6.07) is 8.07. The number of benzene rings is 1. The normalized spacial score (nSPS) is 11.1. The molecule has 0 aliphatic carbocycles. The number of imidazole rings is 1. The Balaban J connectivity index is 1.90. The van der Waals surface area contributed by atoms with Crippen LogP contribution in [0.2, 0.25) is 0 Å². The zero-order chi connectivity index (χ0) is 13.0. The minimum Gasteiger partial charge on any atom is -0.324 e. The molecule has 96 valence electrons. The number of carbonyl (C=O) groups excluding carboxylic acids is 1. The molecule has 2 aromatic rings. The summed E-state index contributed by atoms with van der Waals surface area (Å²) in [5.74, 6) is 0.466. The lowest BCUT2D eigenvalue weighted by Crippen LogP contribution is -2.27. The van der Waals surface area contributed by atoms with E-state index in [-0.39, 0.29) is 5.91 Å². The Labute approximate surface area is 106 Å². The molecule has 0 aliphatic rings. The van der Waals surface area contributed by atoms with Gasteiger partial charge in [-0.15, -0.1) is 0 Å². The molecule has 1 aromatic heterocycles. The van der Waals surface area contributed by atoms with Crippen LogP contribution < -0.4 is 10.6 Å². The second-order valence-electron chi connectivity index (χ2n) is 4.51. The molecule has 1 heterocycles. The molecule has 0 spiro atoms. The van der Waals surface area contributed by atoms with Gasteiger partial charge in [-0.2, -0.15) is 0 Å². The number of rotatable bonds is 5. The van der Waals surface area contributed by atoms with Gasteiger partial charge in [0.25, 0.3) is 0 Å². The van der Waals surface area contributed by atoms with Crippen molar-refractivity contribution in [2.24, 2.45) is 0 Å². The lowest BCUT2D eigenvalue weighted by atomic mass is 10.3. The van der Waals surface area contributed by atoms with Crippen LogP contribution in [0.5, 0.6) is 0 Å². The van der Waals surface area contributed by atoms with Gasteiger partial charge in [0.1, 0.15) is 0 Å². The third kappa shape index (κ3) is 3.30. The van der Waals surface area contributed by atoms with Gasteiger partial charge < -0.3 is 10.3 Å². The smallest absolute Gasteiger partial charge is 0.227 e. The topological polar surface area (TPSA) is 69.8 Å². The molecule has 1 aromatic carbocycles. The standard InChI is InChI=1S/C13H18N4O/c1-9(2)14-8-7-12(18)17-13-15-10-5-3-4-6-11(10)16-13/h3-6,9,14H,7-8H2,1-2H3,(H2,15,16,17,18). The van der Waals surface area contributed by atoms with Crippen molar-refractivity contribution < 1.29 is 4.79 Å². The Kier molecular flexibility index (Phi) is 3.94. The third-order valence-electron chi connectivity index (χ3n) is 2.55. The van der Waals surface area contributed by atoms with E-state index in [1.165, 1.54) is 0 Å². The molecule has 18 heavy (non-hydrogen) atoms. The van der Waals surface area contributed by atoms with E-state index in [1.54, 1.807) is 0 Å². The van der Waals surface area contributed by atoms with Crippen LogP contribution in [-0.2, 0) is 4.79 Å². The van der Waals surface area contributed by atoms with Crippen molar-refractivity contribution in [3.8, 4) is 0 Å². The van der Waals surface area contributed by atoms with Crippen LogP contribution in [0.25, 0.3) is 11.0 Å². The average molecular weight is 246 g/mol. The van der Waals surface area contributed by atoms with E-state index in [2.05, 4.69) is 34.4 Å². The summed E-state index contributed by atoms with van der Waals surface area (Å²) in [7, 11) is 0. The number of aromatic amines is 1. The Morgan fingerprint density at radius 3 is 2.89 bits per heavy atom. The summed E-state index contributed by atoms with van der Waals surface area (Å²) in [5, 5.41) is 5.96. The predicted octanol–water partition coefficient (Wildman–Crippen LogP) is 1.89. The Hall–Kier alpha value is -1.88. The van der Waals surface area contributed by atoms with Crippen molar-refractivity contribution in [3.63, 3.8) is 0 Å². The summed E-state index contributed by atoms with van der Waals surface area (Å²) in [4.78, 5) is 19.0. The first-order valence-corrected chi connectivity index (χ1v) is 6.13. The van der Waals surface area contributed by atoms with Crippen LogP contribution in [0.15, 0.2) is 24.3 Å². The largest absolute Gasteiger partial charge is 0.324 e. The van der Waals surface area contributed by atoms with E-state index >= 15 is 0 Å². The molecule has 0 saturated carbocycles. The van der Waals surface area contributed by atoms with Gasteiger partial charge in [-0.25, -0.2) is 4.98 Å². The zero-order valence-electron chi connectivity index (χ0n) is 10.7. The van der Waals surface area contributed by atoms with Gasteiger partial charge in [0, 0.05) is 19.0 Å². The Morgan fingerprint density at radius 2 is 2.17 bits per heavy atom. The maximum atomic E-state index is 11.7. The van der Waals surface area contributed by atoms with Gasteiger partial charge in [0.2, 0.25) is 11.9 Å². The fourth-order valence-corrected chi connectivity index (χ4v) is 1.68. The first kappa shape index (κ1) is 12.6. The number of hydrogen-bond acceptors (Lipinski definition) is 3. The van der Waals surface area contributed by atoms with Crippen LogP contribution in [0, 0.1) is 0 Å². The van der Waals surface area contributed by atoms with E-state index < -0.39 is 0 Å². The van der Waals surface area contributed by atoms with Gasteiger partial charge in [-0.3, -0.25) is 10.1 Å². The van der Waals surface area contributed by atoms with Crippen molar-refractivity contribution in [1.29, 1.82) is 0 Å². The van der Waals surface area contributed by atoms with Crippen LogP contribution in [0.4, 0.5) is 5.95 Å². The summed E-state index contributed by atoms with van der Waals surface area (Å²) in [6.45, 7) is 4.78. The molecule has 0 unspecified atom stereocenters. The maximum Gasteiger partial charge on any atom is 0.227 e. The molecule has 0 radical (unpaired) electrons. The lowest BCUT2D eigenvalue weighted by Gasteiger charge is -2.06. The molecule has 3 N–H and O–H groups in total. The number of hydrogen-bond donors (Lipinski definition) is 3. The third-order valence-corrected chi connectivity index (χ3v) is 2.55. The van der Waals surface area contributed by atoms with Crippen LogP contribution >= 0.6 is 0 Å². The molecule has 0 saturated heterocycles. The van der Waals surface area contributed by atoms with E-state index in [1.807, 2.05) is 24.3 Å². The van der Waals surface area contributed by atoms with Crippen molar-refractivity contribution in [2.75, 3.05) is 11.9 Å². The molecular weight excluding hydrogens is 228 g/mol. The second kappa shape index (κ2) is 5.64. The monoisotopic (exact) mass is 246 g/mol. The highest BCUT2D eigenvalue weighted by atomic mass is 16.1. The first-order valence-electron chi connectivity index (χ1n) is 6.13. The quantitative estimate of drug-likeness (QED) is 0.754. The number of amides is 1. The van der Waals surface area contributed by atoms with E-state index in [9.17, 15) is 4.79 Å². The zero-order valence-corrected chi connectivity index (χ0v) is 10.7. The van der Waals surface area contributed by atoms with Gasteiger partial charge in [0.05, 0.1) is 11.0 Å². The summed E-state index contributed by atoms with van der Waals surface area (Å²) in [6.07, 6.45) is 0.440. The van der Waals surface area contributed by atoms with Crippen molar-refractivity contribution in [3.05, 3.63) is 24.3 Å². The number of nitrogens with one attached hydrogen (secondary N) is 3. The molecule has 0 atom stereocenters.